The summed E-state index contributed by atoms with van der Waals surface area (Å²) in [5.41, 5.74) is 4.90. The summed E-state index contributed by atoms with van der Waals surface area (Å²) in [5.74, 6) is -0.153. The van der Waals surface area contributed by atoms with Gasteiger partial charge in [-0.15, -0.1) is 0 Å². The van der Waals surface area contributed by atoms with E-state index in [1.54, 1.807) is 11.6 Å². The molecule has 27 heavy (non-hydrogen) atoms. The van der Waals surface area contributed by atoms with Gasteiger partial charge in [-0.2, -0.15) is 5.10 Å². The predicted octanol–water partition coefficient (Wildman–Crippen LogP) is 3.52. The lowest BCUT2D eigenvalue weighted by atomic mass is 10.1. The molecule has 0 bridgehead atoms. The molecule has 2 aromatic rings. The summed E-state index contributed by atoms with van der Waals surface area (Å²) in [6.45, 7) is 9.48. The second-order valence-corrected chi connectivity index (χ2v) is 6.80. The van der Waals surface area contributed by atoms with E-state index in [0.717, 1.165) is 40.4 Å². The smallest absolute Gasteiger partial charge is 0.246 e. The zero-order valence-corrected chi connectivity index (χ0v) is 16.9. The number of amides is 2. The van der Waals surface area contributed by atoms with Crippen molar-refractivity contribution in [2.24, 2.45) is 7.05 Å². The highest BCUT2D eigenvalue weighted by Crippen LogP contribution is 2.25. The number of aromatic nitrogens is 2. The number of carbonyl (C=O) groups is 2. The van der Waals surface area contributed by atoms with Gasteiger partial charge >= 0.3 is 0 Å². The predicted molar refractivity (Wildman–Crippen MR) is 109 cm³/mol. The van der Waals surface area contributed by atoms with Crippen LogP contribution in [0.2, 0.25) is 0 Å². The number of carbonyl (C=O) groups excluding carboxylic acids is 2. The monoisotopic (exact) mass is 371 g/mol. The van der Waals surface area contributed by atoms with Gasteiger partial charge in [-0.1, -0.05) is 13.0 Å². The van der Waals surface area contributed by atoms with Gasteiger partial charge < -0.3 is 16.0 Å². The van der Waals surface area contributed by atoms with Gasteiger partial charge in [-0.3, -0.25) is 14.3 Å². The fourth-order valence-corrected chi connectivity index (χ4v) is 2.85. The molecule has 2 rings (SSSR count). The molecule has 1 atom stereocenters. The average molecular weight is 371 g/mol. The molecule has 146 valence electrons. The van der Waals surface area contributed by atoms with Crippen LogP contribution in [0.25, 0.3) is 0 Å². The van der Waals surface area contributed by atoms with Crippen molar-refractivity contribution in [2.45, 2.75) is 53.5 Å². The molecule has 2 amide bonds. The quantitative estimate of drug-likeness (QED) is 0.695. The van der Waals surface area contributed by atoms with Gasteiger partial charge in [0.2, 0.25) is 11.8 Å². The van der Waals surface area contributed by atoms with Crippen molar-refractivity contribution in [3.8, 4) is 0 Å². The van der Waals surface area contributed by atoms with E-state index >= 15 is 0 Å². The first-order valence-corrected chi connectivity index (χ1v) is 9.21. The van der Waals surface area contributed by atoms with Gasteiger partial charge in [-0.05, 0) is 51.8 Å². The van der Waals surface area contributed by atoms with E-state index in [-0.39, 0.29) is 11.8 Å². The Hall–Kier alpha value is -2.83. The van der Waals surface area contributed by atoms with Crippen molar-refractivity contribution in [1.29, 1.82) is 0 Å². The average Bonchev–Trinajstić information content (AvgIpc) is 2.84. The second kappa shape index (κ2) is 8.70. The summed E-state index contributed by atoms with van der Waals surface area (Å²) >= 11 is 0. The van der Waals surface area contributed by atoms with E-state index < -0.39 is 6.04 Å². The first kappa shape index (κ1) is 20.5. The Morgan fingerprint density at radius 3 is 2.41 bits per heavy atom. The molecule has 0 saturated heterocycles. The number of nitrogens with zero attached hydrogens (tertiary/aromatic N) is 2. The van der Waals surface area contributed by atoms with Crippen LogP contribution in [0.1, 0.15) is 43.6 Å². The first-order valence-electron chi connectivity index (χ1n) is 9.21. The molecule has 0 aliphatic carbocycles. The Morgan fingerprint density at radius 2 is 1.81 bits per heavy atom. The molecular formula is C20H29N5O2. The third-order valence-electron chi connectivity index (χ3n) is 4.61. The molecule has 0 spiro atoms. The molecule has 7 heteroatoms. The van der Waals surface area contributed by atoms with Crippen LogP contribution >= 0.6 is 0 Å². The molecule has 1 aromatic carbocycles. The lowest BCUT2D eigenvalue weighted by Gasteiger charge is -2.19. The Labute approximate surface area is 160 Å². The highest BCUT2D eigenvalue weighted by molar-refractivity contribution is 5.97. The molecular weight excluding hydrogens is 342 g/mol. The van der Waals surface area contributed by atoms with E-state index in [1.807, 2.05) is 52.9 Å². The van der Waals surface area contributed by atoms with Crippen LogP contribution in [0.5, 0.6) is 0 Å². The molecule has 1 unspecified atom stereocenters. The topological polar surface area (TPSA) is 88.1 Å². The number of nitrogens with one attached hydrogen (secondary N) is 3. The van der Waals surface area contributed by atoms with E-state index in [2.05, 4.69) is 21.0 Å². The number of benzene rings is 1. The molecule has 0 saturated carbocycles. The summed E-state index contributed by atoms with van der Waals surface area (Å²) < 4.78 is 1.75. The SMILES string of the molecule is CCCC(=O)Nc1cccc(NC(C)C(=O)Nc2c(C)nn(C)c2C)c1C. The maximum atomic E-state index is 12.6. The van der Waals surface area contributed by atoms with Crippen LogP contribution in [-0.2, 0) is 16.6 Å². The van der Waals surface area contributed by atoms with Crippen LogP contribution in [0.4, 0.5) is 17.1 Å². The van der Waals surface area contributed by atoms with Crippen molar-refractivity contribution in [3.05, 3.63) is 35.2 Å². The molecule has 1 heterocycles. The lowest BCUT2D eigenvalue weighted by Crippen LogP contribution is -2.32. The number of rotatable bonds is 7. The Kier molecular flexibility index (Phi) is 6.60. The van der Waals surface area contributed by atoms with E-state index in [1.165, 1.54) is 0 Å². The number of hydrogen-bond acceptors (Lipinski definition) is 4. The molecule has 0 aliphatic heterocycles. The van der Waals surface area contributed by atoms with Gasteiger partial charge in [0.25, 0.3) is 0 Å². The third kappa shape index (κ3) is 4.87. The Balaban J connectivity index is 2.09. The largest absolute Gasteiger partial charge is 0.374 e. The molecule has 0 radical (unpaired) electrons. The summed E-state index contributed by atoms with van der Waals surface area (Å²) in [4.78, 5) is 24.5. The molecule has 3 N–H and O–H groups in total. The summed E-state index contributed by atoms with van der Waals surface area (Å²) in [6, 6.07) is 5.16. The lowest BCUT2D eigenvalue weighted by molar-refractivity contribution is -0.117. The van der Waals surface area contributed by atoms with Gasteiger partial charge in [0.1, 0.15) is 6.04 Å². The van der Waals surface area contributed by atoms with Crippen LogP contribution in [0.3, 0.4) is 0 Å². The van der Waals surface area contributed by atoms with Crippen LogP contribution < -0.4 is 16.0 Å². The number of anilines is 3. The third-order valence-corrected chi connectivity index (χ3v) is 4.61. The standard InChI is InChI=1S/C20H29N5O2/c1-7-9-18(26)22-17-11-8-10-16(12(17)2)21-14(4)20(27)23-19-13(3)24-25(6)15(19)5/h8,10-11,14,21H,7,9H2,1-6H3,(H,22,26)(H,23,27). The maximum absolute atomic E-state index is 12.6. The fourth-order valence-electron chi connectivity index (χ4n) is 2.85. The minimum Gasteiger partial charge on any atom is -0.374 e. The molecule has 1 aromatic heterocycles. The normalized spacial score (nSPS) is 11.8. The molecule has 7 nitrogen and oxygen atoms in total. The number of hydrogen-bond donors (Lipinski definition) is 3. The molecule has 0 fully saturated rings. The van der Waals surface area contributed by atoms with Gasteiger partial charge in [0.05, 0.1) is 17.1 Å². The zero-order chi connectivity index (χ0) is 20.1. The van der Waals surface area contributed by atoms with Crippen LogP contribution in [-0.4, -0.2) is 27.6 Å². The minimum atomic E-state index is -0.454. The van der Waals surface area contributed by atoms with E-state index in [4.69, 9.17) is 0 Å². The highest BCUT2D eigenvalue weighted by atomic mass is 16.2. The van der Waals surface area contributed by atoms with Crippen LogP contribution in [0.15, 0.2) is 18.2 Å². The molecule has 0 aliphatic rings. The first-order chi connectivity index (χ1) is 12.7. The van der Waals surface area contributed by atoms with Crippen molar-refractivity contribution >= 4 is 28.9 Å². The fraction of sp³-hybridized carbons (Fsp3) is 0.450. The van der Waals surface area contributed by atoms with Crippen LogP contribution in [0, 0.1) is 20.8 Å². The Morgan fingerprint density at radius 1 is 1.15 bits per heavy atom. The summed E-state index contributed by atoms with van der Waals surface area (Å²) in [7, 11) is 1.85. The van der Waals surface area contributed by atoms with Crippen molar-refractivity contribution in [3.63, 3.8) is 0 Å². The summed E-state index contributed by atoms with van der Waals surface area (Å²) in [6.07, 6.45) is 1.28. The Bertz CT molecular complexity index is 841. The zero-order valence-electron chi connectivity index (χ0n) is 16.9. The maximum Gasteiger partial charge on any atom is 0.246 e. The van der Waals surface area contributed by atoms with Gasteiger partial charge in [0.15, 0.2) is 0 Å². The van der Waals surface area contributed by atoms with Gasteiger partial charge in [0, 0.05) is 24.8 Å². The van der Waals surface area contributed by atoms with Crippen molar-refractivity contribution in [2.75, 3.05) is 16.0 Å². The van der Waals surface area contributed by atoms with Gasteiger partial charge in [-0.25, -0.2) is 0 Å². The van der Waals surface area contributed by atoms with E-state index in [0.29, 0.717) is 6.42 Å². The summed E-state index contributed by atoms with van der Waals surface area (Å²) in [5, 5.41) is 13.4. The van der Waals surface area contributed by atoms with Crippen molar-refractivity contribution < 1.29 is 9.59 Å². The van der Waals surface area contributed by atoms with E-state index in [9.17, 15) is 9.59 Å². The minimum absolute atomic E-state index is 0.00827. The number of aryl methyl sites for hydroxylation is 2. The highest BCUT2D eigenvalue weighted by Gasteiger charge is 2.18. The second-order valence-electron chi connectivity index (χ2n) is 6.80. The van der Waals surface area contributed by atoms with Crippen molar-refractivity contribution in [1.82, 2.24) is 9.78 Å².